The molecule has 35 heavy (non-hydrogen) atoms. The summed E-state index contributed by atoms with van der Waals surface area (Å²) in [5.74, 6) is 1.38. The smallest absolute Gasteiger partial charge is 0.223 e. The highest BCUT2D eigenvalue weighted by molar-refractivity contribution is 5.79. The van der Waals surface area contributed by atoms with Crippen LogP contribution in [-0.4, -0.2) is 33.9 Å². The molecule has 1 aliphatic carbocycles. The Balaban J connectivity index is 1.86. The van der Waals surface area contributed by atoms with Crippen molar-refractivity contribution in [3.05, 3.63) is 23.3 Å². The second-order valence-corrected chi connectivity index (χ2v) is 12.9. The van der Waals surface area contributed by atoms with Crippen molar-refractivity contribution in [2.75, 3.05) is 6.61 Å². The highest BCUT2D eigenvalue weighted by atomic mass is 16.5. The average Bonchev–Trinajstić information content (AvgIpc) is 2.75. The summed E-state index contributed by atoms with van der Waals surface area (Å²) < 4.78 is 6.57. The van der Waals surface area contributed by atoms with Crippen molar-refractivity contribution < 1.29 is 19.7 Å². The number of carbonyl (C=O) groups excluding carboxylic acids is 1. The van der Waals surface area contributed by atoms with Crippen LogP contribution in [0.2, 0.25) is 0 Å². The molecule has 0 aromatic heterocycles. The topological polar surface area (TPSA) is 78.8 Å². The van der Waals surface area contributed by atoms with Crippen LogP contribution in [0.15, 0.2) is 12.1 Å². The van der Waals surface area contributed by atoms with Gasteiger partial charge in [-0.15, -0.1) is 0 Å². The molecular formula is C30H49NO4. The summed E-state index contributed by atoms with van der Waals surface area (Å²) in [6, 6.07) is 4.10. The summed E-state index contributed by atoms with van der Waals surface area (Å²) in [6.07, 6.45) is 8.92. The molecule has 1 aromatic carbocycles. The monoisotopic (exact) mass is 487 g/mol. The molecule has 1 amide bonds. The number of hydrogen-bond donors (Lipinski definition) is 3. The molecule has 1 aliphatic heterocycles. The minimum absolute atomic E-state index is 0.0438. The molecule has 5 heteroatoms. The minimum atomic E-state index is -0.435. The number of rotatable bonds is 10. The fraction of sp³-hybridized carbons (Fsp3) is 0.767. The number of benzene rings is 1. The Labute approximate surface area is 213 Å². The molecule has 3 N–H and O–H groups in total. The second-order valence-electron chi connectivity index (χ2n) is 12.9. The van der Waals surface area contributed by atoms with E-state index in [1.54, 1.807) is 0 Å². The molecule has 1 fully saturated rings. The van der Waals surface area contributed by atoms with Gasteiger partial charge in [-0.2, -0.15) is 0 Å². The van der Waals surface area contributed by atoms with Crippen LogP contribution in [0.4, 0.5) is 0 Å². The van der Waals surface area contributed by atoms with Crippen molar-refractivity contribution in [2.45, 2.75) is 129 Å². The van der Waals surface area contributed by atoms with Gasteiger partial charge in [0.25, 0.3) is 0 Å². The predicted octanol–water partition coefficient (Wildman–Crippen LogP) is 6.59. The number of unbranched alkanes of at least 4 members (excludes halogenated alkanes) is 3. The van der Waals surface area contributed by atoms with Crippen molar-refractivity contribution in [3.63, 3.8) is 0 Å². The fourth-order valence-corrected chi connectivity index (χ4v) is 6.29. The molecule has 5 nitrogen and oxygen atoms in total. The van der Waals surface area contributed by atoms with E-state index in [2.05, 4.69) is 46.0 Å². The van der Waals surface area contributed by atoms with Gasteiger partial charge in [0, 0.05) is 29.5 Å². The molecule has 198 valence electrons. The predicted molar refractivity (Wildman–Crippen MR) is 142 cm³/mol. The molecular weight excluding hydrogens is 438 g/mol. The van der Waals surface area contributed by atoms with Gasteiger partial charge in [-0.1, -0.05) is 46.5 Å². The maximum atomic E-state index is 13.2. The maximum Gasteiger partial charge on any atom is 0.223 e. The number of hydrogen-bond acceptors (Lipinski definition) is 4. The van der Waals surface area contributed by atoms with Crippen molar-refractivity contribution in [2.24, 2.45) is 11.8 Å². The average molecular weight is 488 g/mol. The summed E-state index contributed by atoms with van der Waals surface area (Å²) in [7, 11) is 0. The van der Waals surface area contributed by atoms with Crippen molar-refractivity contribution in [1.82, 2.24) is 5.32 Å². The van der Waals surface area contributed by atoms with Gasteiger partial charge < -0.3 is 20.3 Å². The molecule has 1 heterocycles. The molecule has 0 radical (unpaired) electrons. The zero-order valence-electron chi connectivity index (χ0n) is 23.2. The van der Waals surface area contributed by atoms with Crippen LogP contribution in [0.25, 0.3) is 0 Å². The first-order valence-corrected chi connectivity index (χ1v) is 13.8. The molecule has 2 aliphatic rings. The third-order valence-electron chi connectivity index (χ3n) is 8.61. The lowest BCUT2D eigenvalue weighted by Crippen LogP contribution is -2.51. The van der Waals surface area contributed by atoms with Gasteiger partial charge in [-0.05, 0) is 88.8 Å². The second kappa shape index (κ2) is 10.7. The van der Waals surface area contributed by atoms with Gasteiger partial charge >= 0.3 is 0 Å². The van der Waals surface area contributed by atoms with E-state index in [9.17, 15) is 15.0 Å². The molecule has 3 rings (SSSR count). The Hall–Kier alpha value is -1.75. The molecule has 3 atom stereocenters. The Bertz CT molecular complexity index is 889. The summed E-state index contributed by atoms with van der Waals surface area (Å²) in [4.78, 5) is 13.2. The van der Waals surface area contributed by atoms with Gasteiger partial charge in [0.05, 0.1) is 0 Å². The molecule has 0 bridgehead atoms. The third kappa shape index (κ3) is 6.34. The number of carbonyl (C=O) groups is 1. The number of amides is 1. The minimum Gasteiger partial charge on any atom is -0.508 e. The van der Waals surface area contributed by atoms with Crippen LogP contribution in [0, 0.1) is 11.8 Å². The van der Waals surface area contributed by atoms with Crippen LogP contribution >= 0.6 is 0 Å². The van der Waals surface area contributed by atoms with Crippen LogP contribution in [0.5, 0.6) is 11.5 Å². The van der Waals surface area contributed by atoms with Gasteiger partial charge in [0.1, 0.15) is 17.1 Å². The number of fused-ring (bicyclic) bond motifs is 3. The Morgan fingerprint density at radius 3 is 2.49 bits per heavy atom. The zero-order valence-corrected chi connectivity index (χ0v) is 23.2. The summed E-state index contributed by atoms with van der Waals surface area (Å²) >= 11 is 0. The quantitative estimate of drug-likeness (QED) is 0.325. The fourth-order valence-electron chi connectivity index (χ4n) is 6.29. The molecule has 0 spiro atoms. The first kappa shape index (κ1) is 27.8. The highest BCUT2D eigenvalue weighted by Gasteiger charge is 2.49. The number of aliphatic hydroxyl groups is 1. The first-order valence-electron chi connectivity index (χ1n) is 13.8. The molecule has 1 aromatic rings. The summed E-state index contributed by atoms with van der Waals surface area (Å²) in [5, 5.41) is 23.8. The van der Waals surface area contributed by atoms with Gasteiger partial charge in [-0.25, -0.2) is 0 Å². The van der Waals surface area contributed by atoms with E-state index in [0.717, 1.165) is 36.1 Å². The number of phenolic OH excluding ortho intramolecular Hbond substituents is 1. The van der Waals surface area contributed by atoms with Gasteiger partial charge in [0.15, 0.2) is 0 Å². The van der Waals surface area contributed by atoms with E-state index in [-0.39, 0.29) is 41.3 Å². The van der Waals surface area contributed by atoms with Gasteiger partial charge in [0.2, 0.25) is 5.91 Å². The van der Waals surface area contributed by atoms with Crippen molar-refractivity contribution >= 4 is 5.91 Å². The number of aromatic hydroxyl groups is 1. The summed E-state index contributed by atoms with van der Waals surface area (Å²) in [6.45, 7) is 15.0. The van der Waals surface area contributed by atoms with Crippen LogP contribution in [-0.2, 0) is 10.2 Å². The highest BCUT2D eigenvalue weighted by Crippen LogP contribution is 2.56. The maximum absolute atomic E-state index is 13.2. The van der Waals surface area contributed by atoms with E-state index in [1.165, 1.54) is 25.7 Å². The van der Waals surface area contributed by atoms with Crippen LogP contribution in [0.3, 0.4) is 0 Å². The Morgan fingerprint density at radius 1 is 1.11 bits per heavy atom. The van der Waals surface area contributed by atoms with E-state index >= 15 is 0 Å². The van der Waals surface area contributed by atoms with Crippen LogP contribution < -0.4 is 10.1 Å². The summed E-state index contributed by atoms with van der Waals surface area (Å²) in [5.41, 5.74) is 1.17. The molecule has 1 saturated carbocycles. The van der Waals surface area contributed by atoms with Crippen LogP contribution in [0.1, 0.15) is 123 Å². The number of aliphatic hydroxyl groups excluding tert-OH is 1. The molecule has 0 saturated heterocycles. The van der Waals surface area contributed by atoms with E-state index in [4.69, 9.17) is 4.74 Å². The lowest BCUT2D eigenvalue weighted by molar-refractivity contribution is -0.129. The normalized spacial score (nSPS) is 23.7. The van der Waals surface area contributed by atoms with E-state index < -0.39 is 5.54 Å². The Morgan fingerprint density at radius 2 is 1.83 bits per heavy atom. The first-order chi connectivity index (χ1) is 16.3. The van der Waals surface area contributed by atoms with Gasteiger partial charge in [-0.3, -0.25) is 4.79 Å². The van der Waals surface area contributed by atoms with E-state index in [0.29, 0.717) is 18.6 Å². The SMILES string of the molecule is CCCCCCC(C)(C)c1cc(O)c2c(c1)OC(C)(C)[C@@H]1CC[C@H](C(=O)NC(C)(C)CCO)C[C@@H]21. The van der Waals surface area contributed by atoms with E-state index in [1.807, 2.05) is 19.9 Å². The number of phenols is 1. The lowest BCUT2D eigenvalue weighted by atomic mass is 9.63. The lowest BCUT2D eigenvalue weighted by Gasteiger charge is -2.49. The number of ether oxygens (including phenoxy) is 1. The van der Waals surface area contributed by atoms with Crippen molar-refractivity contribution in [1.29, 1.82) is 0 Å². The standard InChI is InChI=1S/C30H49NO4/c1-8-9-10-11-14-28(2,3)21-18-24(33)26-22-17-20(27(34)31-29(4,5)15-16-32)12-13-23(22)30(6,7)35-25(26)19-21/h18-20,22-23,32-33H,8-17H2,1-7H3,(H,31,34)/t20-,22+,23+/m0/s1. The Kier molecular flexibility index (Phi) is 8.51. The third-order valence-corrected chi connectivity index (χ3v) is 8.61. The largest absolute Gasteiger partial charge is 0.508 e. The molecule has 0 unspecified atom stereocenters. The zero-order chi connectivity index (χ0) is 26.0. The number of nitrogens with one attached hydrogen (secondary N) is 1. The van der Waals surface area contributed by atoms with Crippen molar-refractivity contribution in [3.8, 4) is 11.5 Å².